The molecule has 1 aliphatic rings. The van der Waals surface area contributed by atoms with Crippen LogP contribution in [-0.2, 0) is 10.0 Å². The van der Waals surface area contributed by atoms with Crippen LogP contribution in [0.3, 0.4) is 0 Å². The zero-order chi connectivity index (χ0) is 9.90. The predicted octanol–water partition coefficient (Wildman–Crippen LogP) is 0.0531. The molecule has 1 fully saturated rings. The summed E-state index contributed by atoms with van der Waals surface area (Å²) in [6.45, 7) is 2.98. The Labute approximate surface area is 79.9 Å². The van der Waals surface area contributed by atoms with E-state index in [0.717, 1.165) is 12.5 Å². The fraction of sp³-hybridized carbons (Fsp3) is 1.00. The molecule has 0 aromatic heterocycles. The minimum absolute atomic E-state index is 0.0856. The Hall–Kier alpha value is -0.130. The van der Waals surface area contributed by atoms with Crippen molar-refractivity contribution in [2.24, 2.45) is 11.1 Å². The molecule has 0 radical (unpaired) electrons. The van der Waals surface area contributed by atoms with Crippen LogP contribution in [-0.4, -0.2) is 26.8 Å². The minimum Gasteiger partial charge on any atom is -0.314 e. The summed E-state index contributed by atoms with van der Waals surface area (Å²) in [4.78, 5) is 0. The van der Waals surface area contributed by atoms with Gasteiger partial charge in [0.1, 0.15) is 0 Å². The third-order valence-corrected chi connectivity index (χ3v) is 3.27. The average Bonchev–Trinajstić information content (AvgIpc) is 1.91. The lowest BCUT2D eigenvalue weighted by Gasteiger charge is -2.33. The fourth-order valence-electron chi connectivity index (χ4n) is 1.65. The van der Waals surface area contributed by atoms with Crippen molar-refractivity contribution < 1.29 is 8.42 Å². The second-order valence-electron chi connectivity index (χ2n) is 3.95. The molecule has 4 nitrogen and oxygen atoms in total. The molecule has 1 aliphatic carbocycles. The van der Waals surface area contributed by atoms with Crippen molar-refractivity contribution in [1.29, 1.82) is 0 Å². The fourth-order valence-corrected chi connectivity index (χ4v) is 2.20. The lowest BCUT2D eigenvalue weighted by atomic mass is 9.82. The quantitative estimate of drug-likeness (QED) is 0.624. The Balaban J connectivity index is 1.96. The van der Waals surface area contributed by atoms with Gasteiger partial charge in [-0.25, -0.2) is 13.6 Å². The van der Waals surface area contributed by atoms with Gasteiger partial charge in [0.25, 0.3) is 0 Å². The molecule has 0 unspecified atom stereocenters. The van der Waals surface area contributed by atoms with Crippen LogP contribution in [0, 0.1) is 5.92 Å². The second kappa shape index (κ2) is 4.39. The molecule has 0 saturated heterocycles. The van der Waals surface area contributed by atoms with Crippen molar-refractivity contribution in [3.63, 3.8) is 0 Å². The molecule has 0 spiro atoms. The summed E-state index contributed by atoms with van der Waals surface area (Å²) in [6.07, 6.45) is 3.05. The zero-order valence-electron chi connectivity index (χ0n) is 7.99. The number of nitrogens with one attached hydrogen (secondary N) is 1. The Morgan fingerprint density at radius 3 is 2.54 bits per heavy atom. The Morgan fingerprint density at radius 2 is 2.08 bits per heavy atom. The Bertz CT molecular complexity index is 245. The number of hydrogen-bond acceptors (Lipinski definition) is 3. The molecule has 0 amide bonds. The molecule has 0 aliphatic heterocycles. The van der Waals surface area contributed by atoms with Crippen LogP contribution < -0.4 is 10.5 Å². The molecule has 0 atom stereocenters. The van der Waals surface area contributed by atoms with Crippen molar-refractivity contribution in [3.05, 3.63) is 0 Å². The first-order chi connectivity index (χ1) is 5.97. The maximum absolute atomic E-state index is 10.6. The first kappa shape index (κ1) is 10.9. The molecule has 0 bridgehead atoms. The first-order valence-corrected chi connectivity index (χ1v) is 6.43. The minimum atomic E-state index is -3.26. The largest absolute Gasteiger partial charge is 0.314 e. The van der Waals surface area contributed by atoms with Crippen LogP contribution >= 0.6 is 0 Å². The summed E-state index contributed by atoms with van der Waals surface area (Å²) in [7, 11) is -3.26. The molecule has 5 heteroatoms. The number of sulfonamides is 1. The van der Waals surface area contributed by atoms with Gasteiger partial charge >= 0.3 is 0 Å². The molecule has 0 heterocycles. The van der Waals surface area contributed by atoms with E-state index in [1.807, 2.05) is 0 Å². The molecule has 0 aromatic rings. The molecule has 3 N–H and O–H groups in total. The van der Waals surface area contributed by atoms with E-state index in [2.05, 4.69) is 12.2 Å². The lowest BCUT2D eigenvalue weighted by molar-refractivity contribution is 0.242. The highest BCUT2D eigenvalue weighted by molar-refractivity contribution is 7.89. The summed E-state index contributed by atoms with van der Waals surface area (Å²) >= 11 is 0. The van der Waals surface area contributed by atoms with E-state index in [1.165, 1.54) is 12.8 Å². The van der Waals surface area contributed by atoms with Gasteiger partial charge in [0.05, 0.1) is 5.75 Å². The van der Waals surface area contributed by atoms with E-state index >= 15 is 0 Å². The number of primary sulfonamides is 1. The topological polar surface area (TPSA) is 72.2 Å². The van der Waals surface area contributed by atoms with Crippen molar-refractivity contribution in [3.8, 4) is 0 Å². The van der Waals surface area contributed by atoms with Gasteiger partial charge in [-0.05, 0) is 31.7 Å². The number of hydrogen-bond donors (Lipinski definition) is 2. The van der Waals surface area contributed by atoms with Crippen LogP contribution in [0.4, 0.5) is 0 Å². The highest BCUT2D eigenvalue weighted by atomic mass is 32.2. The maximum Gasteiger partial charge on any atom is 0.209 e. The summed E-state index contributed by atoms with van der Waals surface area (Å²) in [5.74, 6) is 0.915. The van der Waals surface area contributed by atoms with Crippen LogP contribution in [0.5, 0.6) is 0 Å². The van der Waals surface area contributed by atoms with Gasteiger partial charge in [-0.1, -0.05) is 6.92 Å². The highest BCUT2D eigenvalue weighted by Gasteiger charge is 2.24. The van der Waals surface area contributed by atoms with E-state index in [4.69, 9.17) is 5.14 Å². The molecule has 0 aromatic carbocycles. The molecule has 1 rings (SSSR count). The van der Waals surface area contributed by atoms with E-state index in [0.29, 0.717) is 12.5 Å². The van der Waals surface area contributed by atoms with Gasteiger partial charge in [0.2, 0.25) is 10.0 Å². The third kappa shape index (κ3) is 4.59. The standard InChI is InChI=1S/C8H18N2O2S/c1-7-5-8(6-7)10-3-2-4-13(9,11)12/h7-8,10H,2-6H2,1H3,(H2,9,11,12). The lowest BCUT2D eigenvalue weighted by Crippen LogP contribution is -2.40. The molecule has 78 valence electrons. The number of rotatable bonds is 5. The second-order valence-corrected chi connectivity index (χ2v) is 5.68. The van der Waals surface area contributed by atoms with E-state index < -0.39 is 10.0 Å². The van der Waals surface area contributed by atoms with E-state index in [1.54, 1.807) is 0 Å². The summed E-state index contributed by atoms with van der Waals surface area (Å²) in [6, 6.07) is 0.607. The van der Waals surface area contributed by atoms with E-state index in [9.17, 15) is 8.42 Å². The number of nitrogens with two attached hydrogens (primary N) is 1. The molecule has 13 heavy (non-hydrogen) atoms. The average molecular weight is 206 g/mol. The normalized spacial score (nSPS) is 28.5. The van der Waals surface area contributed by atoms with Crippen LogP contribution in [0.25, 0.3) is 0 Å². The van der Waals surface area contributed by atoms with Crippen LogP contribution in [0.2, 0.25) is 0 Å². The SMILES string of the molecule is CC1CC(NCCCS(N)(=O)=O)C1. The smallest absolute Gasteiger partial charge is 0.209 e. The van der Waals surface area contributed by atoms with Crippen molar-refractivity contribution in [2.75, 3.05) is 12.3 Å². The van der Waals surface area contributed by atoms with Gasteiger partial charge in [-0.2, -0.15) is 0 Å². The van der Waals surface area contributed by atoms with Crippen molar-refractivity contribution in [1.82, 2.24) is 5.32 Å². The first-order valence-electron chi connectivity index (χ1n) is 4.71. The Kier molecular flexibility index (Phi) is 3.70. The maximum atomic E-state index is 10.6. The van der Waals surface area contributed by atoms with Crippen molar-refractivity contribution >= 4 is 10.0 Å². The van der Waals surface area contributed by atoms with Gasteiger partial charge in [0.15, 0.2) is 0 Å². The summed E-state index contributed by atoms with van der Waals surface area (Å²) in [5.41, 5.74) is 0. The van der Waals surface area contributed by atoms with Gasteiger partial charge in [-0.15, -0.1) is 0 Å². The molecule has 1 saturated carbocycles. The summed E-state index contributed by atoms with van der Waals surface area (Å²) < 4.78 is 21.1. The van der Waals surface area contributed by atoms with Gasteiger partial charge in [0, 0.05) is 6.04 Å². The van der Waals surface area contributed by atoms with E-state index in [-0.39, 0.29) is 5.75 Å². The van der Waals surface area contributed by atoms with Gasteiger partial charge < -0.3 is 5.32 Å². The van der Waals surface area contributed by atoms with Crippen LogP contribution in [0.1, 0.15) is 26.2 Å². The molecular formula is C8H18N2O2S. The summed E-state index contributed by atoms with van der Waals surface area (Å²) in [5, 5.41) is 8.17. The Morgan fingerprint density at radius 1 is 1.46 bits per heavy atom. The third-order valence-electron chi connectivity index (χ3n) is 2.41. The van der Waals surface area contributed by atoms with Gasteiger partial charge in [-0.3, -0.25) is 0 Å². The molecular weight excluding hydrogens is 188 g/mol. The predicted molar refractivity (Wildman–Crippen MR) is 52.8 cm³/mol. The zero-order valence-corrected chi connectivity index (χ0v) is 8.81. The monoisotopic (exact) mass is 206 g/mol. The van der Waals surface area contributed by atoms with Crippen LogP contribution in [0.15, 0.2) is 0 Å². The van der Waals surface area contributed by atoms with Crippen molar-refractivity contribution in [2.45, 2.75) is 32.2 Å². The highest BCUT2D eigenvalue weighted by Crippen LogP contribution is 2.25.